The quantitative estimate of drug-likeness (QED) is 0.391. The zero-order valence-corrected chi connectivity index (χ0v) is 11.9. The SMILES string of the molecule is Cc1c(C)c2ccc3nc4ccccc4cc3c2[nH]c1=O. The third-order valence-electron chi connectivity index (χ3n) is 4.25. The van der Waals surface area contributed by atoms with Gasteiger partial charge in [-0.15, -0.1) is 0 Å². The van der Waals surface area contributed by atoms with Crippen LogP contribution in [0.4, 0.5) is 0 Å². The van der Waals surface area contributed by atoms with Crippen LogP contribution in [0.2, 0.25) is 0 Å². The van der Waals surface area contributed by atoms with E-state index in [4.69, 9.17) is 0 Å². The Labute approximate surface area is 121 Å². The maximum absolute atomic E-state index is 12.1. The van der Waals surface area contributed by atoms with Gasteiger partial charge in [0, 0.05) is 21.7 Å². The molecule has 4 rings (SSSR count). The van der Waals surface area contributed by atoms with Crippen LogP contribution in [-0.2, 0) is 0 Å². The minimum atomic E-state index is -0.0272. The van der Waals surface area contributed by atoms with Gasteiger partial charge in [-0.25, -0.2) is 4.98 Å². The molecule has 0 aliphatic rings. The van der Waals surface area contributed by atoms with Gasteiger partial charge < -0.3 is 4.98 Å². The van der Waals surface area contributed by atoms with Crippen molar-refractivity contribution in [3.63, 3.8) is 0 Å². The van der Waals surface area contributed by atoms with E-state index in [0.29, 0.717) is 0 Å². The number of nitrogens with one attached hydrogen (secondary N) is 1. The average Bonchev–Trinajstić information content (AvgIpc) is 2.51. The van der Waals surface area contributed by atoms with E-state index < -0.39 is 0 Å². The number of aromatic nitrogens is 2. The topological polar surface area (TPSA) is 45.8 Å². The van der Waals surface area contributed by atoms with Gasteiger partial charge in [-0.1, -0.05) is 24.3 Å². The summed E-state index contributed by atoms with van der Waals surface area (Å²) in [6, 6.07) is 14.2. The van der Waals surface area contributed by atoms with Gasteiger partial charge in [0.25, 0.3) is 5.56 Å². The van der Waals surface area contributed by atoms with Gasteiger partial charge in [0.1, 0.15) is 0 Å². The van der Waals surface area contributed by atoms with Gasteiger partial charge in [0.2, 0.25) is 0 Å². The number of aryl methyl sites for hydroxylation is 1. The van der Waals surface area contributed by atoms with E-state index in [1.807, 2.05) is 50.2 Å². The average molecular weight is 274 g/mol. The third kappa shape index (κ3) is 1.67. The number of pyridine rings is 2. The highest BCUT2D eigenvalue weighted by molar-refractivity contribution is 6.08. The molecule has 1 N–H and O–H groups in total. The molecular weight excluding hydrogens is 260 g/mol. The maximum Gasteiger partial charge on any atom is 0.251 e. The van der Waals surface area contributed by atoms with E-state index in [2.05, 4.69) is 16.0 Å². The summed E-state index contributed by atoms with van der Waals surface area (Å²) in [4.78, 5) is 19.8. The first-order valence-corrected chi connectivity index (χ1v) is 6.97. The lowest BCUT2D eigenvalue weighted by atomic mass is 10.0. The molecule has 21 heavy (non-hydrogen) atoms. The van der Waals surface area contributed by atoms with Crippen LogP contribution in [0.5, 0.6) is 0 Å². The second kappa shape index (κ2) is 4.16. The largest absolute Gasteiger partial charge is 0.321 e. The number of fused-ring (bicyclic) bond motifs is 4. The van der Waals surface area contributed by atoms with Crippen molar-refractivity contribution in [3.05, 3.63) is 63.9 Å². The summed E-state index contributed by atoms with van der Waals surface area (Å²) >= 11 is 0. The van der Waals surface area contributed by atoms with Crippen molar-refractivity contribution in [1.29, 1.82) is 0 Å². The summed E-state index contributed by atoms with van der Waals surface area (Å²) in [7, 11) is 0. The minimum absolute atomic E-state index is 0.0272. The maximum atomic E-state index is 12.1. The molecule has 4 aromatic rings. The molecule has 3 heteroatoms. The van der Waals surface area contributed by atoms with Crippen molar-refractivity contribution < 1.29 is 0 Å². The first-order valence-electron chi connectivity index (χ1n) is 6.97. The van der Waals surface area contributed by atoms with E-state index in [0.717, 1.165) is 43.8 Å². The second-order valence-corrected chi connectivity index (χ2v) is 5.44. The molecule has 0 aliphatic carbocycles. The van der Waals surface area contributed by atoms with Crippen LogP contribution in [0.15, 0.2) is 47.3 Å². The molecule has 0 fully saturated rings. The van der Waals surface area contributed by atoms with Crippen molar-refractivity contribution in [2.45, 2.75) is 13.8 Å². The first kappa shape index (κ1) is 12.1. The highest BCUT2D eigenvalue weighted by Gasteiger charge is 2.09. The van der Waals surface area contributed by atoms with Crippen molar-refractivity contribution in [1.82, 2.24) is 9.97 Å². The van der Waals surface area contributed by atoms with Gasteiger partial charge in [0.15, 0.2) is 0 Å². The van der Waals surface area contributed by atoms with E-state index >= 15 is 0 Å². The van der Waals surface area contributed by atoms with Crippen molar-refractivity contribution in [2.75, 3.05) is 0 Å². The number of nitrogens with zero attached hydrogens (tertiary/aromatic N) is 1. The predicted molar refractivity (Wildman–Crippen MR) is 86.8 cm³/mol. The number of rotatable bonds is 0. The smallest absolute Gasteiger partial charge is 0.251 e. The molecule has 0 spiro atoms. The van der Waals surface area contributed by atoms with Crippen LogP contribution in [0.1, 0.15) is 11.1 Å². The van der Waals surface area contributed by atoms with E-state index in [1.54, 1.807) is 0 Å². The fourth-order valence-corrected chi connectivity index (χ4v) is 2.88. The molecule has 0 unspecified atom stereocenters. The molecule has 0 bridgehead atoms. The summed E-state index contributed by atoms with van der Waals surface area (Å²) in [5.74, 6) is 0. The lowest BCUT2D eigenvalue weighted by molar-refractivity contribution is 1.20. The zero-order chi connectivity index (χ0) is 14.6. The molecule has 0 saturated carbocycles. The van der Waals surface area contributed by atoms with Crippen LogP contribution < -0.4 is 5.56 Å². The molecular formula is C18H14N2O. The highest BCUT2D eigenvalue weighted by atomic mass is 16.1. The normalized spacial score (nSPS) is 11.5. The number of para-hydroxylation sites is 1. The Kier molecular flexibility index (Phi) is 2.39. The monoisotopic (exact) mass is 274 g/mol. The predicted octanol–water partition coefficient (Wildman–Crippen LogP) is 3.85. The van der Waals surface area contributed by atoms with Crippen LogP contribution in [0.25, 0.3) is 32.7 Å². The fourth-order valence-electron chi connectivity index (χ4n) is 2.88. The standard InChI is InChI=1S/C18H14N2O/c1-10-11(2)18(21)20-17-13(10)7-8-16-14(17)9-12-5-3-4-6-15(12)19-16/h3-9H,1-2H3,(H,20,21). The summed E-state index contributed by atoms with van der Waals surface area (Å²) in [5, 5.41) is 3.15. The number of aromatic amines is 1. The molecule has 0 saturated heterocycles. The molecule has 2 heterocycles. The molecule has 2 aromatic heterocycles. The number of benzene rings is 2. The molecule has 0 radical (unpaired) electrons. The Balaban J connectivity index is 2.28. The first-order chi connectivity index (χ1) is 10.1. The Bertz CT molecular complexity index is 1080. The summed E-state index contributed by atoms with van der Waals surface area (Å²) in [6.07, 6.45) is 0. The van der Waals surface area contributed by atoms with E-state index in [1.165, 1.54) is 0 Å². The Morgan fingerprint density at radius 2 is 1.71 bits per heavy atom. The molecule has 0 amide bonds. The molecule has 102 valence electrons. The van der Waals surface area contributed by atoms with Crippen LogP contribution >= 0.6 is 0 Å². The van der Waals surface area contributed by atoms with Gasteiger partial charge in [-0.2, -0.15) is 0 Å². The second-order valence-electron chi connectivity index (χ2n) is 5.44. The van der Waals surface area contributed by atoms with Gasteiger partial charge in [-0.3, -0.25) is 4.79 Å². The summed E-state index contributed by atoms with van der Waals surface area (Å²) in [5.41, 5.74) is 4.52. The lowest BCUT2D eigenvalue weighted by Gasteiger charge is -2.09. The molecule has 2 aromatic carbocycles. The van der Waals surface area contributed by atoms with Crippen molar-refractivity contribution in [3.8, 4) is 0 Å². The summed E-state index contributed by atoms with van der Waals surface area (Å²) in [6.45, 7) is 3.85. The molecule has 0 atom stereocenters. The Morgan fingerprint density at radius 3 is 2.57 bits per heavy atom. The van der Waals surface area contributed by atoms with Gasteiger partial charge >= 0.3 is 0 Å². The van der Waals surface area contributed by atoms with Crippen molar-refractivity contribution >= 4 is 32.7 Å². The number of H-pyrrole nitrogens is 1. The number of hydrogen-bond donors (Lipinski definition) is 1. The molecule has 3 nitrogen and oxygen atoms in total. The number of hydrogen-bond acceptors (Lipinski definition) is 2. The Hall–Kier alpha value is -2.68. The van der Waals surface area contributed by atoms with Crippen LogP contribution in [-0.4, -0.2) is 9.97 Å². The van der Waals surface area contributed by atoms with Crippen LogP contribution in [0, 0.1) is 13.8 Å². The van der Waals surface area contributed by atoms with E-state index in [-0.39, 0.29) is 5.56 Å². The van der Waals surface area contributed by atoms with Gasteiger partial charge in [-0.05, 0) is 37.6 Å². The zero-order valence-electron chi connectivity index (χ0n) is 11.9. The lowest BCUT2D eigenvalue weighted by Crippen LogP contribution is -2.11. The van der Waals surface area contributed by atoms with E-state index in [9.17, 15) is 4.79 Å². The Morgan fingerprint density at radius 1 is 0.905 bits per heavy atom. The molecule has 0 aliphatic heterocycles. The summed E-state index contributed by atoms with van der Waals surface area (Å²) < 4.78 is 0. The third-order valence-corrected chi connectivity index (χ3v) is 4.25. The highest BCUT2D eigenvalue weighted by Crippen LogP contribution is 2.27. The fraction of sp³-hybridized carbons (Fsp3) is 0.111. The van der Waals surface area contributed by atoms with Crippen molar-refractivity contribution in [2.24, 2.45) is 0 Å². The van der Waals surface area contributed by atoms with Gasteiger partial charge in [0.05, 0.1) is 16.6 Å². The minimum Gasteiger partial charge on any atom is -0.321 e. The van der Waals surface area contributed by atoms with Crippen LogP contribution in [0.3, 0.4) is 0 Å².